The number of tetrazole rings is 1. The van der Waals surface area contributed by atoms with Gasteiger partial charge in [-0.3, -0.25) is 0 Å². The second-order valence-electron chi connectivity index (χ2n) is 6.41. The fraction of sp³-hybridized carbons (Fsp3) is 0.933. The summed E-state index contributed by atoms with van der Waals surface area (Å²) >= 11 is 0. The van der Waals surface area contributed by atoms with Crippen molar-refractivity contribution in [3.05, 3.63) is 0 Å². The van der Waals surface area contributed by atoms with E-state index in [0.717, 1.165) is 44.8 Å². The molecule has 1 aromatic heterocycles. The molecule has 2 fully saturated rings. The van der Waals surface area contributed by atoms with E-state index in [1.165, 1.54) is 12.8 Å². The number of rotatable bonds is 6. The molecule has 22 heavy (non-hydrogen) atoms. The van der Waals surface area contributed by atoms with Crippen molar-refractivity contribution in [1.82, 2.24) is 20.2 Å². The largest absolute Gasteiger partial charge is 0.347 e. The van der Waals surface area contributed by atoms with Crippen LogP contribution in [0.1, 0.15) is 46.0 Å². The topological polar surface area (TPSA) is 65.3 Å². The first-order valence-corrected chi connectivity index (χ1v) is 8.52. The van der Waals surface area contributed by atoms with E-state index < -0.39 is 5.79 Å². The summed E-state index contributed by atoms with van der Waals surface area (Å²) < 4.78 is 13.6. The molecule has 0 spiro atoms. The van der Waals surface area contributed by atoms with Crippen molar-refractivity contribution in [3.63, 3.8) is 0 Å². The number of aromatic nitrogens is 4. The lowest BCUT2D eigenvalue weighted by atomic mass is 9.90. The first-order valence-electron chi connectivity index (χ1n) is 8.52. The number of nitrogens with zero attached hydrogens (tertiary/aromatic N) is 5. The van der Waals surface area contributed by atoms with Crippen LogP contribution in [0.3, 0.4) is 0 Å². The Morgan fingerprint density at radius 2 is 2.09 bits per heavy atom. The van der Waals surface area contributed by atoms with Gasteiger partial charge in [-0.25, -0.2) is 4.68 Å². The van der Waals surface area contributed by atoms with Crippen molar-refractivity contribution in [2.24, 2.45) is 5.92 Å². The molecule has 0 amide bonds. The maximum absolute atomic E-state index is 5.85. The summed E-state index contributed by atoms with van der Waals surface area (Å²) in [6, 6.07) is 0. The van der Waals surface area contributed by atoms with E-state index in [4.69, 9.17) is 9.47 Å². The Hall–Kier alpha value is -1.21. The molecule has 2 aliphatic heterocycles. The molecular formula is C15H27N5O2. The van der Waals surface area contributed by atoms with E-state index >= 15 is 0 Å². The Bertz CT molecular complexity index is 472. The molecule has 1 aromatic rings. The van der Waals surface area contributed by atoms with E-state index in [0.29, 0.717) is 19.1 Å². The minimum absolute atomic E-state index is 0.365. The van der Waals surface area contributed by atoms with Gasteiger partial charge in [-0.15, -0.1) is 0 Å². The molecule has 1 atom stereocenters. The number of aryl methyl sites for hydroxylation is 1. The molecule has 0 saturated carbocycles. The highest BCUT2D eigenvalue weighted by Gasteiger charge is 2.42. The monoisotopic (exact) mass is 309 g/mol. The second-order valence-corrected chi connectivity index (χ2v) is 6.41. The molecule has 2 aliphatic rings. The van der Waals surface area contributed by atoms with Crippen LogP contribution in [0.4, 0.5) is 5.95 Å². The van der Waals surface area contributed by atoms with Gasteiger partial charge in [0.05, 0.1) is 13.2 Å². The van der Waals surface area contributed by atoms with Crippen LogP contribution in [0.5, 0.6) is 0 Å². The van der Waals surface area contributed by atoms with Gasteiger partial charge in [0.25, 0.3) is 0 Å². The van der Waals surface area contributed by atoms with Crippen LogP contribution in [-0.2, 0) is 16.0 Å². The quantitative estimate of drug-likeness (QED) is 0.747. The van der Waals surface area contributed by atoms with Crippen molar-refractivity contribution < 1.29 is 9.47 Å². The van der Waals surface area contributed by atoms with Gasteiger partial charge >= 0.3 is 0 Å². The lowest BCUT2D eigenvalue weighted by molar-refractivity contribution is -0.182. The molecule has 7 nitrogen and oxygen atoms in total. The second kappa shape index (κ2) is 6.91. The van der Waals surface area contributed by atoms with Crippen LogP contribution in [0.15, 0.2) is 0 Å². The summed E-state index contributed by atoms with van der Waals surface area (Å²) in [6.07, 6.45) is 5.78. The van der Waals surface area contributed by atoms with Crippen LogP contribution in [0, 0.1) is 5.92 Å². The third-order valence-corrected chi connectivity index (χ3v) is 4.79. The van der Waals surface area contributed by atoms with E-state index in [2.05, 4.69) is 34.3 Å². The highest BCUT2D eigenvalue weighted by molar-refractivity contribution is 5.29. The van der Waals surface area contributed by atoms with Crippen LogP contribution < -0.4 is 4.90 Å². The zero-order valence-electron chi connectivity index (χ0n) is 13.7. The summed E-state index contributed by atoms with van der Waals surface area (Å²) in [5.74, 6) is 0.811. The highest BCUT2D eigenvalue weighted by Crippen LogP contribution is 2.35. The standard InChI is InChI=1S/C15H27N5O2/c1-3-4-5-9-20-14(16-17-18-20)19-8-6-7-13(12-19)15(2)21-10-11-22-15/h13H,3-12H2,1-2H3. The average Bonchev–Trinajstić information content (AvgIpc) is 3.18. The average molecular weight is 309 g/mol. The molecule has 0 aliphatic carbocycles. The smallest absolute Gasteiger partial charge is 0.245 e. The summed E-state index contributed by atoms with van der Waals surface area (Å²) in [7, 11) is 0. The van der Waals surface area contributed by atoms with Gasteiger partial charge in [0, 0.05) is 25.6 Å². The zero-order valence-corrected chi connectivity index (χ0v) is 13.7. The number of hydrogen-bond donors (Lipinski definition) is 0. The van der Waals surface area contributed by atoms with Gasteiger partial charge in [0.15, 0.2) is 5.79 Å². The van der Waals surface area contributed by atoms with E-state index in [1.807, 2.05) is 4.68 Å². The number of piperidine rings is 1. The predicted octanol–water partition coefficient (Wildman–Crippen LogP) is 1.84. The lowest BCUT2D eigenvalue weighted by Gasteiger charge is -2.39. The Morgan fingerprint density at radius 3 is 2.86 bits per heavy atom. The van der Waals surface area contributed by atoms with Crippen LogP contribution >= 0.6 is 0 Å². The molecule has 0 bridgehead atoms. The van der Waals surface area contributed by atoms with Crippen LogP contribution in [0.25, 0.3) is 0 Å². The third-order valence-electron chi connectivity index (χ3n) is 4.79. The number of anilines is 1. The normalized spacial score (nSPS) is 24.8. The van der Waals surface area contributed by atoms with Crippen molar-refractivity contribution >= 4 is 5.95 Å². The first kappa shape index (κ1) is 15.7. The van der Waals surface area contributed by atoms with E-state index in [-0.39, 0.29) is 0 Å². The Labute approximate surface area is 131 Å². The minimum atomic E-state index is -0.445. The van der Waals surface area contributed by atoms with Gasteiger partial charge in [0.2, 0.25) is 5.95 Å². The van der Waals surface area contributed by atoms with E-state index in [9.17, 15) is 0 Å². The molecule has 3 rings (SSSR count). The van der Waals surface area contributed by atoms with Gasteiger partial charge in [0.1, 0.15) is 0 Å². The summed E-state index contributed by atoms with van der Waals surface area (Å²) in [5.41, 5.74) is 0. The van der Waals surface area contributed by atoms with Gasteiger partial charge in [-0.05, 0) is 36.6 Å². The molecule has 0 N–H and O–H groups in total. The lowest BCUT2D eigenvalue weighted by Crippen LogP contribution is -2.47. The van der Waals surface area contributed by atoms with E-state index in [1.54, 1.807) is 0 Å². The first-order chi connectivity index (χ1) is 10.7. The third kappa shape index (κ3) is 3.25. The molecular weight excluding hydrogens is 282 g/mol. The molecule has 124 valence electrons. The summed E-state index contributed by atoms with van der Waals surface area (Å²) in [6.45, 7) is 8.45. The van der Waals surface area contributed by atoms with Gasteiger partial charge in [-0.2, -0.15) is 0 Å². The molecule has 0 radical (unpaired) electrons. The highest BCUT2D eigenvalue weighted by atomic mass is 16.7. The SMILES string of the molecule is CCCCCn1nnnc1N1CCCC(C2(C)OCCO2)C1. The Morgan fingerprint density at radius 1 is 1.27 bits per heavy atom. The summed E-state index contributed by atoms with van der Waals surface area (Å²) in [5, 5.41) is 12.3. The Balaban J connectivity index is 1.66. The minimum Gasteiger partial charge on any atom is -0.347 e. The van der Waals surface area contributed by atoms with Gasteiger partial charge < -0.3 is 14.4 Å². The van der Waals surface area contributed by atoms with Gasteiger partial charge in [-0.1, -0.05) is 24.9 Å². The molecule has 2 saturated heterocycles. The molecule has 1 unspecified atom stereocenters. The maximum atomic E-state index is 5.85. The zero-order chi connectivity index (χ0) is 15.4. The maximum Gasteiger partial charge on any atom is 0.245 e. The predicted molar refractivity (Wildman–Crippen MR) is 82.6 cm³/mol. The van der Waals surface area contributed by atoms with Crippen LogP contribution in [0.2, 0.25) is 0 Å². The number of ether oxygens (including phenoxy) is 2. The molecule has 0 aromatic carbocycles. The van der Waals surface area contributed by atoms with Crippen molar-refractivity contribution in [2.75, 3.05) is 31.2 Å². The van der Waals surface area contributed by atoms with Crippen molar-refractivity contribution in [2.45, 2.75) is 58.3 Å². The fourth-order valence-corrected chi connectivity index (χ4v) is 3.44. The molecule has 3 heterocycles. The number of unbranched alkanes of at least 4 members (excludes halogenated alkanes) is 2. The fourth-order valence-electron chi connectivity index (χ4n) is 3.44. The summed E-state index contributed by atoms with van der Waals surface area (Å²) in [4.78, 5) is 2.29. The number of hydrogen-bond acceptors (Lipinski definition) is 6. The Kier molecular flexibility index (Phi) is 4.93. The van der Waals surface area contributed by atoms with Crippen molar-refractivity contribution in [1.29, 1.82) is 0 Å². The molecule has 7 heteroatoms. The van der Waals surface area contributed by atoms with Crippen LogP contribution in [-0.4, -0.2) is 52.3 Å². The van der Waals surface area contributed by atoms with Crippen molar-refractivity contribution in [3.8, 4) is 0 Å².